The summed E-state index contributed by atoms with van der Waals surface area (Å²) in [4.78, 5) is 4.67. The Morgan fingerprint density at radius 1 is 0.897 bits per heavy atom. The first-order chi connectivity index (χ1) is 14.1. The maximum atomic E-state index is 6.33. The van der Waals surface area contributed by atoms with Gasteiger partial charge >= 0.3 is 0 Å². The van der Waals surface area contributed by atoms with Gasteiger partial charge in [-0.1, -0.05) is 53.5 Å². The molecule has 5 heteroatoms. The Hall–Kier alpha value is -2.20. The van der Waals surface area contributed by atoms with Crippen molar-refractivity contribution < 1.29 is 4.74 Å². The van der Waals surface area contributed by atoms with Crippen molar-refractivity contribution in [1.29, 1.82) is 0 Å². The summed E-state index contributed by atoms with van der Waals surface area (Å²) >= 11 is 12.4. The summed E-state index contributed by atoms with van der Waals surface area (Å²) < 4.78 is 6.06. The standard InChI is InChI=1S/C24H24Cl2N2O/c1-27(12-11-18-5-4-6-20(25)15-18)13-14-28-22-7-2-3-8-24(22)29-17-19-9-10-21(26)16-23(19)28/h2-10,15-16H,11-14,17H2,1H3. The zero-order valence-electron chi connectivity index (χ0n) is 16.4. The number of ether oxygens (including phenoxy) is 1. The van der Waals surface area contributed by atoms with Gasteiger partial charge < -0.3 is 14.5 Å². The highest BCUT2D eigenvalue weighted by molar-refractivity contribution is 6.31. The Morgan fingerprint density at radius 2 is 1.72 bits per heavy atom. The van der Waals surface area contributed by atoms with Crippen LogP contribution in [-0.4, -0.2) is 31.6 Å². The third-order valence-corrected chi connectivity index (χ3v) is 5.72. The van der Waals surface area contributed by atoms with E-state index in [0.29, 0.717) is 6.61 Å². The Labute approximate surface area is 182 Å². The van der Waals surface area contributed by atoms with Gasteiger partial charge in [0.1, 0.15) is 12.4 Å². The van der Waals surface area contributed by atoms with Gasteiger partial charge in [0, 0.05) is 40.9 Å². The molecule has 0 fully saturated rings. The molecular weight excluding hydrogens is 403 g/mol. The lowest BCUT2D eigenvalue weighted by Crippen LogP contribution is -2.32. The van der Waals surface area contributed by atoms with Crippen molar-refractivity contribution in [2.24, 2.45) is 0 Å². The molecule has 3 nitrogen and oxygen atoms in total. The van der Waals surface area contributed by atoms with E-state index in [1.165, 1.54) is 5.56 Å². The number of para-hydroxylation sites is 2. The van der Waals surface area contributed by atoms with Crippen LogP contribution in [0.5, 0.6) is 5.75 Å². The molecule has 0 N–H and O–H groups in total. The Bertz CT molecular complexity index is 992. The minimum Gasteiger partial charge on any atom is -0.487 e. The van der Waals surface area contributed by atoms with Gasteiger partial charge in [0.25, 0.3) is 0 Å². The first kappa shape index (κ1) is 20.1. The molecule has 0 spiro atoms. The lowest BCUT2D eigenvalue weighted by molar-refractivity contribution is 0.310. The largest absolute Gasteiger partial charge is 0.487 e. The molecule has 4 rings (SSSR count). The van der Waals surface area contributed by atoms with Crippen LogP contribution in [0.15, 0.2) is 66.7 Å². The summed E-state index contributed by atoms with van der Waals surface area (Å²) in [6.45, 7) is 3.28. The number of anilines is 2. The van der Waals surface area contributed by atoms with Crippen molar-refractivity contribution in [3.63, 3.8) is 0 Å². The van der Waals surface area contributed by atoms with Crippen LogP contribution in [-0.2, 0) is 13.0 Å². The van der Waals surface area contributed by atoms with Crippen molar-refractivity contribution in [1.82, 2.24) is 4.90 Å². The summed E-state index contributed by atoms with van der Waals surface area (Å²) in [5, 5.41) is 1.53. The molecule has 0 radical (unpaired) electrons. The highest BCUT2D eigenvalue weighted by Gasteiger charge is 2.22. The molecule has 1 heterocycles. The fourth-order valence-electron chi connectivity index (χ4n) is 3.63. The first-order valence-electron chi connectivity index (χ1n) is 9.81. The van der Waals surface area contributed by atoms with E-state index in [0.717, 1.165) is 58.8 Å². The second kappa shape index (κ2) is 9.08. The fraction of sp³-hybridized carbons (Fsp3) is 0.250. The Morgan fingerprint density at radius 3 is 2.59 bits per heavy atom. The molecule has 3 aromatic carbocycles. The number of benzene rings is 3. The SMILES string of the molecule is CN(CCc1cccc(Cl)c1)CCN1c2cc(Cl)ccc2COc2ccccc21. The summed E-state index contributed by atoms with van der Waals surface area (Å²) in [7, 11) is 2.16. The number of likely N-dealkylation sites (N-methyl/N-ethyl adjacent to an activating group) is 1. The smallest absolute Gasteiger partial charge is 0.143 e. The molecule has 0 unspecified atom stereocenters. The van der Waals surface area contributed by atoms with E-state index < -0.39 is 0 Å². The summed E-state index contributed by atoms with van der Waals surface area (Å²) in [6, 6.07) is 22.3. The molecule has 0 amide bonds. The van der Waals surface area contributed by atoms with Crippen LogP contribution in [0.1, 0.15) is 11.1 Å². The van der Waals surface area contributed by atoms with Crippen LogP contribution in [0.4, 0.5) is 11.4 Å². The Kier molecular flexibility index (Phi) is 6.29. The quantitative estimate of drug-likeness (QED) is 0.466. The topological polar surface area (TPSA) is 15.7 Å². The first-order valence-corrected chi connectivity index (χ1v) is 10.6. The molecule has 0 atom stereocenters. The van der Waals surface area contributed by atoms with Crippen molar-refractivity contribution >= 4 is 34.6 Å². The van der Waals surface area contributed by atoms with Gasteiger partial charge in [-0.15, -0.1) is 0 Å². The predicted octanol–water partition coefficient (Wildman–Crippen LogP) is 6.20. The van der Waals surface area contributed by atoms with Crippen molar-refractivity contribution in [3.05, 3.63) is 87.9 Å². The number of halogens is 2. The van der Waals surface area contributed by atoms with Crippen LogP contribution < -0.4 is 9.64 Å². The van der Waals surface area contributed by atoms with Gasteiger partial charge in [0.15, 0.2) is 0 Å². The summed E-state index contributed by atoms with van der Waals surface area (Å²) in [5.41, 5.74) is 4.60. The third kappa shape index (κ3) is 4.87. The fourth-order valence-corrected chi connectivity index (χ4v) is 4.01. The molecule has 150 valence electrons. The molecule has 3 aromatic rings. The molecular formula is C24H24Cl2N2O. The number of hydrogen-bond acceptors (Lipinski definition) is 3. The average Bonchev–Trinajstić information content (AvgIpc) is 2.87. The van der Waals surface area contributed by atoms with Gasteiger partial charge in [-0.05, 0) is 55.4 Å². The van der Waals surface area contributed by atoms with Crippen LogP contribution in [0.3, 0.4) is 0 Å². The highest BCUT2D eigenvalue weighted by atomic mass is 35.5. The zero-order chi connectivity index (χ0) is 20.2. The lowest BCUT2D eigenvalue weighted by Gasteiger charge is -2.28. The van der Waals surface area contributed by atoms with E-state index in [-0.39, 0.29) is 0 Å². The van der Waals surface area contributed by atoms with Crippen LogP contribution in [0.25, 0.3) is 0 Å². The normalized spacial score (nSPS) is 12.9. The van der Waals surface area contributed by atoms with Gasteiger partial charge in [0.2, 0.25) is 0 Å². The van der Waals surface area contributed by atoms with E-state index in [2.05, 4.69) is 35.0 Å². The number of fused-ring (bicyclic) bond motifs is 2. The van der Waals surface area contributed by atoms with Crippen LogP contribution >= 0.6 is 23.2 Å². The van der Waals surface area contributed by atoms with E-state index in [9.17, 15) is 0 Å². The van der Waals surface area contributed by atoms with Gasteiger partial charge in [0.05, 0.1) is 5.69 Å². The van der Waals surface area contributed by atoms with Gasteiger partial charge in [-0.3, -0.25) is 0 Å². The monoisotopic (exact) mass is 426 g/mol. The van der Waals surface area contributed by atoms with Gasteiger partial charge in [-0.25, -0.2) is 0 Å². The molecule has 1 aliphatic heterocycles. The number of rotatable bonds is 6. The maximum absolute atomic E-state index is 6.33. The summed E-state index contributed by atoms with van der Waals surface area (Å²) in [6.07, 6.45) is 0.971. The van der Waals surface area contributed by atoms with E-state index >= 15 is 0 Å². The predicted molar refractivity (Wildman–Crippen MR) is 122 cm³/mol. The molecule has 0 bridgehead atoms. The van der Waals surface area contributed by atoms with E-state index in [1.54, 1.807) is 0 Å². The van der Waals surface area contributed by atoms with Crippen LogP contribution in [0, 0.1) is 0 Å². The second-order valence-corrected chi connectivity index (χ2v) is 8.24. The van der Waals surface area contributed by atoms with Crippen molar-refractivity contribution in [3.8, 4) is 5.75 Å². The summed E-state index contributed by atoms with van der Waals surface area (Å²) in [5.74, 6) is 0.904. The third-order valence-electron chi connectivity index (χ3n) is 5.25. The Balaban J connectivity index is 1.49. The minimum atomic E-state index is 0.546. The minimum absolute atomic E-state index is 0.546. The zero-order valence-corrected chi connectivity index (χ0v) is 18.0. The molecule has 0 saturated carbocycles. The molecule has 0 aliphatic carbocycles. The van der Waals surface area contributed by atoms with Crippen molar-refractivity contribution in [2.45, 2.75) is 13.0 Å². The number of hydrogen-bond donors (Lipinski definition) is 0. The lowest BCUT2D eigenvalue weighted by atomic mass is 10.1. The molecule has 0 saturated heterocycles. The average molecular weight is 427 g/mol. The van der Waals surface area contributed by atoms with Gasteiger partial charge in [-0.2, -0.15) is 0 Å². The second-order valence-electron chi connectivity index (χ2n) is 7.36. The molecule has 29 heavy (non-hydrogen) atoms. The van der Waals surface area contributed by atoms with E-state index in [4.69, 9.17) is 27.9 Å². The van der Waals surface area contributed by atoms with Crippen LogP contribution in [0.2, 0.25) is 10.0 Å². The molecule has 1 aliphatic rings. The maximum Gasteiger partial charge on any atom is 0.143 e. The highest BCUT2D eigenvalue weighted by Crippen LogP contribution is 2.40. The number of nitrogens with zero attached hydrogens (tertiary/aromatic N) is 2. The van der Waals surface area contributed by atoms with E-state index in [1.807, 2.05) is 48.5 Å². The van der Waals surface area contributed by atoms with Crippen molar-refractivity contribution in [2.75, 3.05) is 31.6 Å². The molecule has 0 aromatic heterocycles.